The lowest BCUT2D eigenvalue weighted by Gasteiger charge is -2.22. The molecular formula is C22H32ClN3O. The zero-order valence-electron chi connectivity index (χ0n) is 17.6. The maximum atomic E-state index is 12.7. The molecule has 27 heavy (non-hydrogen) atoms. The summed E-state index contributed by atoms with van der Waals surface area (Å²) in [6.07, 6.45) is 1.48. The van der Waals surface area contributed by atoms with Crippen molar-refractivity contribution in [1.82, 2.24) is 9.78 Å². The van der Waals surface area contributed by atoms with E-state index in [0.717, 1.165) is 17.8 Å². The van der Waals surface area contributed by atoms with Crippen LogP contribution in [0.2, 0.25) is 5.02 Å². The third-order valence-corrected chi connectivity index (χ3v) is 4.64. The lowest BCUT2D eigenvalue weighted by Crippen LogP contribution is -2.20. The van der Waals surface area contributed by atoms with E-state index in [1.807, 2.05) is 30.3 Å². The van der Waals surface area contributed by atoms with Gasteiger partial charge in [0, 0.05) is 17.9 Å². The second-order valence-electron chi connectivity index (χ2n) is 9.65. The van der Waals surface area contributed by atoms with Crippen LogP contribution in [0.25, 0.3) is 5.69 Å². The molecule has 0 spiro atoms. The van der Waals surface area contributed by atoms with E-state index in [1.54, 1.807) is 4.68 Å². The van der Waals surface area contributed by atoms with E-state index in [1.165, 1.54) is 0 Å². The van der Waals surface area contributed by atoms with Crippen molar-refractivity contribution >= 4 is 23.3 Å². The zero-order valence-corrected chi connectivity index (χ0v) is 18.3. The molecule has 0 unspecified atom stereocenters. The molecule has 0 aliphatic carbocycles. The zero-order chi connectivity index (χ0) is 20.4. The summed E-state index contributed by atoms with van der Waals surface area (Å²) < 4.78 is 1.73. The van der Waals surface area contributed by atoms with Gasteiger partial charge in [0.2, 0.25) is 5.91 Å². The highest BCUT2D eigenvalue weighted by Crippen LogP contribution is 2.30. The number of carbonyl (C=O) groups is 1. The van der Waals surface area contributed by atoms with Crippen molar-refractivity contribution < 1.29 is 4.79 Å². The first kappa shape index (κ1) is 21.5. The Bertz CT molecular complexity index is 797. The van der Waals surface area contributed by atoms with Gasteiger partial charge in [-0.05, 0) is 29.9 Å². The van der Waals surface area contributed by atoms with E-state index in [-0.39, 0.29) is 16.7 Å². The van der Waals surface area contributed by atoms with Gasteiger partial charge in [-0.15, -0.1) is 0 Å². The highest BCUT2D eigenvalue weighted by Gasteiger charge is 2.23. The Hall–Kier alpha value is -1.81. The molecule has 0 aliphatic heterocycles. The van der Waals surface area contributed by atoms with Gasteiger partial charge in [-0.1, -0.05) is 72.2 Å². The molecule has 2 aromatic rings. The van der Waals surface area contributed by atoms with E-state index in [9.17, 15) is 4.79 Å². The summed E-state index contributed by atoms with van der Waals surface area (Å²) in [6, 6.07) is 9.46. The van der Waals surface area contributed by atoms with Crippen molar-refractivity contribution in [3.05, 3.63) is 41.0 Å². The molecule has 1 amide bonds. The van der Waals surface area contributed by atoms with Crippen LogP contribution < -0.4 is 5.32 Å². The number of halogens is 1. The number of anilines is 1. The number of hydrogen-bond acceptors (Lipinski definition) is 2. The molecule has 1 N–H and O–H groups in total. The lowest BCUT2D eigenvalue weighted by molar-refractivity contribution is -0.117. The number of carbonyl (C=O) groups excluding carboxylic acids is 1. The fourth-order valence-corrected chi connectivity index (χ4v) is 3.49. The lowest BCUT2D eigenvalue weighted by atomic mass is 9.84. The molecule has 0 radical (unpaired) electrons. The molecular weight excluding hydrogens is 358 g/mol. The van der Waals surface area contributed by atoms with Gasteiger partial charge < -0.3 is 5.32 Å². The number of nitrogens with zero attached hydrogens (tertiary/aromatic N) is 2. The topological polar surface area (TPSA) is 46.9 Å². The molecule has 0 fully saturated rings. The summed E-state index contributed by atoms with van der Waals surface area (Å²) in [5.41, 5.74) is 1.73. The summed E-state index contributed by atoms with van der Waals surface area (Å²) in [6.45, 7) is 15.0. The van der Waals surface area contributed by atoms with Gasteiger partial charge in [0.05, 0.1) is 16.4 Å². The molecule has 1 aromatic heterocycles. The molecule has 0 bridgehead atoms. The number of para-hydroxylation sites is 1. The van der Waals surface area contributed by atoms with Crippen LogP contribution >= 0.6 is 11.6 Å². The van der Waals surface area contributed by atoms with Crippen molar-refractivity contribution in [1.29, 1.82) is 0 Å². The van der Waals surface area contributed by atoms with Crippen molar-refractivity contribution in [3.63, 3.8) is 0 Å². The molecule has 0 aliphatic rings. The number of nitrogens with one attached hydrogen (secondary N) is 1. The minimum absolute atomic E-state index is 0.000382. The van der Waals surface area contributed by atoms with E-state index >= 15 is 0 Å². The molecule has 0 saturated heterocycles. The minimum atomic E-state index is -0.133. The summed E-state index contributed by atoms with van der Waals surface area (Å²) in [5, 5.41) is 8.37. The average molecular weight is 390 g/mol. The Labute approximate surface area is 168 Å². The number of benzene rings is 1. The number of rotatable bonds is 5. The molecule has 0 saturated carbocycles. The Morgan fingerprint density at radius 1 is 1.19 bits per heavy atom. The largest absolute Gasteiger partial charge is 0.311 e. The fraction of sp³-hybridized carbons (Fsp3) is 0.545. The van der Waals surface area contributed by atoms with E-state index in [4.69, 9.17) is 16.7 Å². The van der Waals surface area contributed by atoms with Crippen LogP contribution in [-0.2, 0) is 10.2 Å². The van der Waals surface area contributed by atoms with Gasteiger partial charge in [-0.3, -0.25) is 4.79 Å². The van der Waals surface area contributed by atoms with Crippen LogP contribution in [-0.4, -0.2) is 15.7 Å². The fourth-order valence-electron chi connectivity index (χ4n) is 3.27. The van der Waals surface area contributed by atoms with Gasteiger partial charge in [0.1, 0.15) is 5.82 Å². The highest BCUT2D eigenvalue weighted by atomic mass is 35.5. The molecule has 4 nitrogen and oxygen atoms in total. The van der Waals surface area contributed by atoms with Crippen LogP contribution in [0.1, 0.15) is 67.0 Å². The van der Waals surface area contributed by atoms with Crippen LogP contribution in [0.5, 0.6) is 0 Å². The number of aromatic nitrogens is 2. The molecule has 148 valence electrons. The normalized spacial score (nSPS) is 13.5. The SMILES string of the molecule is C[C@H](CC(=O)Nc1cc(C(C)(C)C)nn1-c1ccccc1Cl)CC(C)(C)C. The van der Waals surface area contributed by atoms with Gasteiger partial charge in [-0.25, -0.2) is 4.68 Å². The third-order valence-electron chi connectivity index (χ3n) is 4.32. The highest BCUT2D eigenvalue weighted by molar-refractivity contribution is 6.32. The van der Waals surface area contributed by atoms with Crippen molar-refractivity contribution in [3.8, 4) is 5.69 Å². The first-order chi connectivity index (χ1) is 12.4. The molecule has 2 rings (SSSR count). The molecule has 1 aromatic carbocycles. The van der Waals surface area contributed by atoms with Crippen LogP contribution in [0, 0.1) is 11.3 Å². The first-order valence-corrected chi connectivity index (χ1v) is 9.90. The van der Waals surface area contributed by atoms with Crippen molar-refractivity contribution in [2.45, 2.75) is 66.7 Å². The predicted octanol–water partition coefficient (Wildman–Crippen LogP) is 6.22. The van der Waals surface area contributed by atoms with Crippen LogP contribution in [0.15, 0.2) is 30.3 Å². The summed E-state index contributed by atoms with van der Waals surface area (Å²) in [4.78, 5) is 12.7. The smallest absolute Gasteiger partial charge is 0.225 e. The Balaban J connectivity index is 2.29. The van der Waals surface area contributed by atoms with E-state index < -0.39 is 0 Å². The van der Waals surface area contributed by atoms with Gasteiger partial charge in [0.15, 0.2) is 0 Å². The maximum absolute atomic E-state index is 12.7. The minimum Gasteiger partial charge on any atom is -0.311 e. The quantitative estimate of drug-likeness (QED) is 0.659. The Kier molecular flexibility index (Phi) is 6.41. The summed E-state index contributed by atoms with van der Waals surface area (Å²) in [7, 11) is 0. The van der Waals surface area contributed by atoms with Gasteiger partial charge in [-0.2, -0.15) is 5.10 Å². The number of hydrogen-bond donors (Lipinski definition) is 1. The average Bonchev–Trinajstić information content (AvgIpc) is 2.89. The van der Waals surface area contributed by atoms with E-state index in [2.05, 4.69) is 53.8 Å². The summed E-state index contributed by atoms with van der Waals surface area (Å²) >= 11 is 6.37. The van der Waals surface area contributed by atoms with Crippen molar-refractivity contribution in [2.75, 3.05) is 5.32 Å². The van der Waals surface area contributed by atoms with Gasteiger partial charge in [0.25, 0.3) is 0 Å². The second-order valence-corrected chi connectivity index (χ2v) is 10.1. The van der Waals surface area contributed by atoms with Gasteiger partial charge >= 0.3 is 0 Å². The Morgan fingerprint density at radius 3 is 2.37 bits per heavy atom. The molecule has 1 heterocycles. The van der Waals surface area contributed by atoms with Crippen molar-refractivity contribution in [2.24, 2.45) is 11.3 Å². The Morgan fingerprint density at radius 2 is 1.81 bits per heavy atom. The second kappa shape index (κ2) is 8.05. The first-order valence-electron chi connectivity index (χ1n) is 9.52. The van der Waals surface area contributed by atoms with E-state index in [0.29, 0.717) is 23.2 Å². The number of amides is 1. The predicted molar refractivity (Wildman–Crippen MR) is 114 cm³/mol. The monoisotopic (exact) mass is 389 g/mol. The molecule has 5 heteroatoms. The summed E-state index contributed by atoms with van der Waals surface area (Å²) in [5.74, 6) is 0.963. The molecule has 1 atom stereocenters. The maximum Gasteiger partial charge on any atom is 0.225 e. The van der Waals surface area contributed by atoms with Crippen LogP contribution in [0.3, 0.4) is 0 Å². The third kappa shape index (κ3) is 6.10. The van der Waals surface area contributed by atoms with Crippen LogP contribution in [0.4, 0.5) is 5.82 Å². The standard InChI is InChI=1S/C22H32ClN3O/c1-15(14-21(2,3)4)12-20(27)24-19-13-18(22(5,6)7)25-26(19)17-11-9-8-10-16(17)23/h8-11,13,15H,12,14H2,1-7H3,(H,24,27)/t15-/m1/s1.